The summed E-state index contributed by atoms with van der Waals surface area (Å²) in [5.74, 6) is 0.313. The number of tetrazole rings is 1. The second kappa shape index (κ2) is 7.22. The molecule has 0 radical (unpaired) electrons. The predicted octanol–water partition coefficient (Wildman–Crippen LogP) is 1.25. The molecular formula is C13H23N5O2S. The number of hydrogen-bond acceptors (Lipinski definition) is 6. The van der Waals surface area contributed by atoms with E-state index >= 15 is 0 Å². The summed E-state index contributed by atoms with van der Waals surface area (Å²) in [5.41, 5.74) is -0.179. The molecule has 0 aliphatic carbocycles. The maximum atomic E-state index is 11.9. The average molecular weight is 313 g/mol. The van der Waals surface area contributed by atoms with E-state index in [1.54, 1.807) is 4.68 Å². The first-order valence-electron chi connectivity index (χ1n) is 7.32. The van der Waals surface area contributed by atoms with Gasteiger partial charge in [0.25, 0.3) is 0 Å². The van der Waals surface area contributed by atoms with Gasteiger partial charge < -0.3 is 10.1 Å². The number of rotatable bonds is 7. The fourth-order valence-electron chi connectivity index (χ4n) is 2.03. The third kappa shape index (κ3) is 4.96. The van der Waals surface area contributed by atoms with Gasteiger partial charge in [-0.1, -0.05) is 18.7 Å². The molecule has 118 valence electrons. The van der Waals surface area contributed by atoms with Crippen LogP contribution in [0.1, 0.15) is 40.0 Å². The van der Waals surface area contributed by atoms with Crippen molar-refractivity contribution in [2.24, 2.45) is 0 Å². The molecule has 8 heteroatoms. The lowest BCUT2D eigenvalue weighted by Gasteiger charge is -2.24. The van der Waals surface area contributed by atoms with Crippen LogP contribution in [0.15, 0.2) is 5.16 Å². The molecule has 1 aliphatic rings. The second-order valence-corrected chi connectivity index (χ2v) is 6.80. The van der Waals surface area contributed by atoms with E-state index in [-0.39, 0.29) is 17.6 Å². The highest BCUT2D eigenvalue weighted by Gasteiger charge is 2.21. The summed E-state index contributed by atoms with van der Waals surface area (Å²) in [6, 6.07) is 0. The monoisotopic (exact) mass is 313 g/mol. The average Bonchev–Trinajstić information content (AvgIpc) is 3.08. The van der Waals surface area contributed by atoms with E-state index in [4.69, 9.17) is 4.74 Å². The third-order valence-corrected chi connectivity index (χ3v) is 4.55. The van der Waals surface area contributed by atoms with E-state index in [0.29, 0.717) is 17.5 Å². The number of aromatic nitrogens is 4. The van der Waals surface area contributed by atoms with Crippen LogP contribution in [-0.2, 0) is 16.1 Å². The Morgan fingerprint density at radius 1 is 1.57 bits per heavy atom. The summed E-state index contributed by atoms with van der Waals surface area (Å²) < 4.78 is 7.30. The van der Waals surface area contributed by atoms with Crippen LogP contribution in [0.25, 0.3) is 0 Å². The molecule has 0 saturated carbocycles. The number of nitrogens with one attached hydrogen (secondary N) is 1. The molecule has 0 aromatic carbocycles. The van der Waals surface area contributed by atoms with Gasteiger partial charge in [-0.15, -0.1) is 5.10 Å². The van der Waals surface area contributed by atoms with Crippen molar-refractivity contribution in [1.82, 2.24) is 25.5 Å². The van der Waals surface area contributed by atoms with E-state index in [1.807, 2.05) is 13.8 Å². The van der Waals surface area contributed by atoms with E-state index in [2.05, 4.69) is 27.8 Å². The van der Waals surface area contributed by atoms with Crippen molar-refractivity contribution < 1.29 is 9.53 Å². The van der Waals surface area contributed by atoms with E-state index in [9.17, 15) is 4.79 Å². The number of nitrogens with zero attached hydrogens (tertiary/aromatic N) is 4. The van der Waals surface area contributed by atoms with E-state index in [0.717, 1.165) is 25.9 Å². The fourth-order valence-corrected chi connectivity index (χ4v) is 2.71. The van der Waals surface area contributed by atoms with Gasteiger partial charge in [0.2, 0.25) is 11.1 Å². The smallest absolute Gasteiger partial charge is 0.230 e. The summed E-state index contributed by atoms with van der Waals surface area (Å²) in [5, 5.41) is 15.3. The van der Waals surface area contributed by atoms with Gasteiger partial charge in [-0.05, 0) is 43.5 Å². The zero-order chi connectivity index (χ0) is 15.3. The minimum Gasteiger partial charge on any atom is -0.376 e. The van der Waals surface area contributed by atoms with Crippen LogP contribution in [-0.4, -0.2) is 50.1 Å². The molecule has 1 saturated heterocycles. The van der Waals surface area contributed by atoms with E-state index in [1.165, 1.54) is 11.8 Å². The standard InChI is InChI=1S/C13H23N5O2S/c1-4-13(2,3)14-11(19)9-21-12-15-16-17-18(12)8-10-6-5-7-20-10/h10H,4-9H2,1-3H3,(H,14,19). The molecule has 1 fully saturated rings. The van der Waals surface area contributed by atoms with Crippen molar-refractivity contribution in [2.45, 2.75) is 63.4 Å². The molecule has 1 aromatic rings. The lowest BCUT2D eigenvalue weighted by atomic mass is 10.0. The van der Waals surface area contributed by atoms with Gasteiger partial charge in [-0.25, -0.2) is 4.68 Å². The molecule has 1 N–H and O–H groups in total. The largest absolute Gasteiger partial charge is 0.376 e. The van der Waals surface area contributed by atoms with Crippen LogP contribution in [0.3, 0.4) is 0 Å². The molecule has 1 atom stereocenters. The maximum Gasteiger partial charge on any atom is 0.230 e. The number of hydrogen-bond donors (Lipinski definition) is 1. The molecule has 1 amide bonds. The van der Waals surface area contributed by atoms with Gasteiger partial charge in [-0.2, -0.15) is 0 Å². The normalized spacial score (nSPS) is 18.9. The molecule has 7 nitrogen and oxygen atoms in total. The number of amides is 1. The Hall–Kier alpha value is -1.15. The van der Waals surface area contributed by atoms with Gasteiger partial charge in [0.1, 0.15) is 0 Å². The number of ether oxygens (including phenoxy) is 1. The van der Waals surface area contributed by atoms with Gasteiger partial charge >= 0.3 is 0 Å². The van der Waals surface area contributed by atoms with Crippen molar-refractivity contribution in [3.05, 3.63) is 0 Å². The highest BCUT2D eigenvalue weighted by atomic mass is 32.2. The first-order valence-corrected chi connectivity index (χ1v) is 8.30. The highest BCUT2D eigenvalue weighted by molar-refractivity contribution is 7.99. The Morgan fingerprint density at radius 2 is 2.38 bits per heavy atom. The molecule has 0 spiro atoms. The molecule has 21 heavy (non-hydrogen) atoms. The minimum absolute atomic E-state index is 0.00137. The van der Waals surface area contributed by atoms with E-state index < -0.39 is 0 Å². The van der Waals surface area contributed by atoms with Crippen LogP contribution in [0, 0.1) is 0 Å². The van der Waals surface area contributed by atoms with Crippen LogP contribution in [0.2, 0.25) is 0 Å². The molecule has 2 rings (SSSR count). The minimum atomic E-state index is -0.179. The van der Waals surface area contributed by atoms with Gasteiger partial charge in [0.05, 0.1) is 18.4 Å². The molecular weight excluding hydrogens is 290 g/mol. The van der Waals surface area contributed by atoms with Crippen LogP contribution >= 0.6 is 11.8 Å². The number of carbonyl (C=O) groups excluding carboxylic acids is 1. The van der Waals surface area contributed by atoms with Crippen molar-refractivity contribution in [1.29, 1.82) is 0 Å². The summed E-state index contributed by atoms with van der Waals surface area (Å²) in [7, 11) is 0. The Balaban J connectivity index is 1.83. The molecule has 0 bridgehead atoms. The van der Waals surface area contributed by atoms with Crippen LogP contribution < -0.4 is 5.32 Å². The molecule has 1 aliphatic heterocycles. The van der Waals surface area contributed by atoms with Crippen molar-refractivity contribution >= 4 is 17.7 Å². The summed E-state index contributed by atoms with van der Waals surface area (Å²) in [6.07, 6.45) is 3.19. The molecule has 1 unspecified atom stereocenters. The first kappa shape index (κ1) is 16.2. The maximum absolute atomic E-state index is 11.9. The lowest BCUT2D eigenvalue weighted by Crippen LogP contribution is -2.43. The molecule has 2 heterocycles. The van der Waals surface area contributed by atoms with Crippen LogP contribution in [0.4, 0.5) is 0 Å². The third-order valence-electron chi connectivity index (χ3n) is 3.59. The zero-order valence-electron chi connectivity index (χ0n) is 12.8. The SMILES string of the molecule is CCC(C)(C)NC(=O)CSc1nnnn1CC1CCCO1. The van der Waals surface area contributed by atoms with Gasteiger partial charge in [0.15, 0.2) is 0 Å². The Labute approximate surface area is 129 Å². The predicted molar refractivity (Wildman–Crippen MR) is 80.0 cm³/mol. The Bertz CT molecular complexity index is 471. The van der Waals surface area contributed by atoms with Gasteiger partial charge in [-0.3, -0.25) is 4.79 Å². The van der Waals surface area contributed by atoms with Crippen LogP contribution in [0.5, 0.6) is 0 Å². The highest BCUT2D eigenvalue weighted by Crippen LogP contribution is 2.18. The quantitative estimate of drug-likeness (QED) is 0.763. The number of thioether (sulfide) groups is 1. The van der Waals surface area contributed by atoms with Crippen molar-refractivity contribution in [2.75, 3.05) is 12.4 Å². The van der Waals surface area contributed by atoms with Gasteiger partial charge in [0, 0.05) is 12.1 Å². The summed E-state index contributed by atoms with van der Waals surface area (Å²) in [4.78, 5) is 11.9. The molecule has 1 aromatic heterocycles. The lowest BCUT2D eigenvalue weighted by molar-refractivity contribution is -0.120. The fraction of sp³-hybridized carbons (Fsp3) is 0.846. The zero-order valence-corrected chi connectivity index (χ0v) is 13.7. The Morgan fingerprint density at radius 3 is 3.05 bits per heavy atom. The topological polar surface area (TPSA) is 81.9 Å². The Kier molecular flexibility index (Phi) is 5.58. The summed E-state index contributed by atoms with van der Waals surface area (Å²) >= 11 is 1.36. The number of carbonyl (C=O) groups is 1. The van der Waals surface area contributed by atoms with Crippen molar-refractivity contribution in [3.63, 3.8) is 0 Å². The first-order chi connectivity index (χ1) is 10.00. The summed E-state index contributed by atoms with van der Waals surface area (Å²) in [6.45, 7) is 7.53. The second-order valence-electron chi connectivity index (χ2n) is 5.85. The van der Waals surface area contributed by atoms with Crippen molar-refractivity contribution in [3.8, 4) is 0 Å².